The molecule has 23 heavy (non-hydrogen) atoms. The number of rotatable bonds is 2. The van der Waals surface area contributed by atoms with Crippen molar-refractivity contribution in [1.29, 1.82) is 0 Å². The third-order valence-electron chi connectivity index (χ3n) is 3.28. The summed E-state index contributed by atoms with van der Waals surface area (Å²) in [4.78, 5) is 16.7. The molecule has 1 heterocycles. The number of nitrogens with zero attached hydrogens (tertiary/aromatic N) is 2. The van der Waals surface area contributed by atoms with E-state index in [1.54, 1.807) is 4.57 Å². The maximum Gasteiger partial charge on any atom is 0.269 e. The lowest BCUT2D eigenvalue weighted by Crippen LogP contribution is -2.22. The Bertz CT molecular complexity index is 922. The summed E-state index contributed by atoms with van der Waals surface area (Å²) in [7, 11) is 0. The first-order valence-corrected chi connectivity index (χ1v) is 7.89. The Kier molecular flexibility index (Phi) is 4.70. The normalized spacial score (nSPS) is 9.96. The molecule has 3 aromatic rings. The lowest BCUT2D eigenvalue weighted by atomic mass is 10.2. The van der Waals surface area contributed by atoms with Crippen LogP contribution in [-0.2, 0) is 6.54 Å². The van der Waals surface area contributed by atoms with Gasteiger partial charge in [-0.2, -0.15) is 0 Å². The Balaban J connectivity index is 1.90. The van der Waals surface area contributed by atoms with Crippen LogP contribution in [0.15, 0.2) is 76.3 Å². The van der Waals surface area contributed by atoms with Gasteiger partial charge in [0.05, 0.1) is 12.9 Å². The summed E-state index contributed by atoms with van der Waals surface area (Å²) in [5.74, 6) is 5.95. The number of halogens is 1. The minimum absolute atomic E-state index is 0.138. The number of aromatic nitrogens is 2. The van der Waals surface area contributed by atoms with Crippen molar-refractivity contribution in [2.75, 3.05) is 0 Å². The third-order valence-corrected chi connectivity index (χ3v) is 3.99. The van der Waals surface area contributed by atoms with E-state index in [0.29, 0.717) is 16.7 Å². The molecule has 0 aliphatic heterocycles. The van der Waals surface area contributed by atoms with Crippen LogP contribution in [0.3, 0.4) is 0 Å². The number of benzene rings is 2. The average molecular weight is 365 g/mol. The zero-order valence-corrected chi connectivity index (χ0v) is 13.8. The van der Waals surface area contributed by atoms with Crippen molar-refractivity contribution in [3.8, 4) is 11.8 Å². The molecule has 0 aliphatic rings. The highest BCUT2D eigenvalue weighted by molar-refractivity contribution is 9.10. The Hall–Kier alpha value is -2.64. The van der Waals surface area contributed by atoms with Crippen molar-refractivity contribution in [1.82, 2.24) is 9.55 Å². The van der Waals surface area contributed by atoms with E-state index in [9.17, 15) is 4.79 Å². The second kappa shape index (κ2) is 7.08. The van der Waals surface area contributed by atoms with Gasteiger partial charge in [-0.25, -0.2) is 4.98 Å². The van der Waals surface area contributed by atoms with Gasteiger partial charge >= 0.3 is 0 Å². The zero-order chi connectivity index (χ0) is 16.1. The van der Waals surface area contributed by atoms with Gasteiger partial charge in [0, 0.05) is 5.56 Å². The van der Waals surface area contributed by atoms with Crippen molar-refractivity contribution in [2.45, 2.75) is 6.54 Å². The first-order chi connectivity index (χ1) is 11.2. The Morgan fingerprint density at radius 1 is 0.957 bits per heavy atom. The molecule has 0 radical (unpaired) electrons. The summed E-state index contributed by atoms with van der Waals surface area (Å²) in [6, 6.07) is 19.4. The number of hydrogen-bond acceptors (Lipinski definition) is 2. The zero-order valence-electron chi connectivity index (χ0n) is 12.2. The molecule has 0 amide bonds. The predicted octanol–water partition coefficient (Wildman–Crippen LogP) is 3.45. The summed E-state index contributed by atoms with van der Waals surface area (Å²) in [6.07, 6.45) is 1.54. The van der Waals surface area contributed by atoms with Crippen LogP contribution in [0.2, 0.25) is 0 Å². The Labute approximate surface area is 142 Å². The fourth-order valence-electron chi connectivity index (χ4n) is 2.10. The van der Waals surface area contributed by atoms with Gasteiger partial charge in [-0.3, -0.25) is 9.36 Å². The summed E-state index contributed by atoms with van der Waals surface area (Å²) in [5, 5.41) is 0. The highest BCUT2D eigenvalue weighted by Crippen LogP contribution is 2.09. The fraction of sp³-hybridized carbons (Fsp3) is 0.0526. The largest absolute Gasteiger partial charge is 0.294 e. The molecule has 0 saturated carbocycles. The molecule has 112 valence electrons. The molecule has 0 bridgehead atoms. The first kappa shape index (κ1) is 15.3. The molecule has 2 aromatic carbocycles. The maximum absolute atomic E-state index is 12.4. The van der Waals surface area contributed by atoms with Gasteiger partial charge in [0.25, 0.3) is 5.56 Å². The molecule has 0 N–H and O–H groups in total. The minimum atomic E-state index is -0.138. The molecular formula is C19H13BrN2O. The predicted molar refractivity (Wildman–Crippen MR) is 94.2 cm³/mol. The monoisotopic (exact) mass is 364 g/mol. The van der Waals surface area contributed by atoms with Crippen LogP contribution < -0.4 is 5.56 Å². The molecule has 0 unspecified atom stereocenters. The van der Waals surface area contributed by atoms with Gasteiger partial charge in [-0.05, 0) is 39.5 Å². The Morgan fingerprint density at radius 3 is 2.30 bits per heavy atom. The van der Waals surface area contributed by atoms with Crippen LogP contribution in [0, 0.1) is 11.8 Å². The van der Waals surface area contributed by atoms with Crippen LogP contribution in [0.5, 0.6) is 0 Å². The molecule has 0 aliphatic carbocycles. The van der Waals surface area contributed by atoms with E-state index in [1.807, 2.05) is 60.7 Å². The SMILES string of the molecule is O=c1c(Br)c(C#Cc2ccccc2)ncn1Cc1ccccc1. The van der Waals surface area contributed by atoms with Crippen molar-refractivity contribution in [2.24, 2.45) is 0 Å². The second-order valence-corrected chi connectivity index (χ2v) is 5.73. The number of hydrogen-bond donors (Lipinski definition) is 0. The lowest BCUT2D eigenvalue weighted by molar-refractivity contribution is 0.728. The molecule has 0 spiro atoms. The van der Waals surface area contributed by atoms with E-state index < -0.39 is 0 Å². The lowest BCUT2D eigenvalue weighted by Gasteiger charge is -2.06. The molecule has 0 saturated heterocycles. The van der Waals surface area contributed by atoms with Crippen LogP contribution in [0.25, 0.3) is 0 Å². The van der Waals surface area contributed by atoms with E-state index in [1.165, 1.54) is 6.33 Å². The van der Waals surface area contributed by atoms with Gasteiger partial charge in [-0.1, -0.05) is 54.5 Å². The van der Waals surface area contributed by atoms with Crippen LogP contribution in [0.1, 0.15) is 16.8 Å². The van der Waals surface area contributed by atoms with Crippen molar-refractivity contribution in [3.63, 3.8) is 0 Å². The summed E-state index contributed by atoms with van der Waals surface area (Å²) >= 11 is 3.32. The molecule has 0 atom stereocenters. The van der Waals surface area contributed by atoms with E-state index in [2.05, 4.69) is 32.8 Å². The molecule has 1 aromatic heterocycles. The van der Waals surface area contributed by atoms with Crippen LogP contribution in [0.4, 0.5) is 0 Å². The summed E-state index contributed by atoms with van der Waals surface area (Å²) in [6.45, 7) is 0.484. The summed E-state index contributed by atoms with van der Waals surface area (Å²) in [5.41, 5.74) is 2.24. The van der Waals surface area contributed by atoms with Gasteiger partial charge in [-0.15, -0.1) is 0 Å². The molecule has 3 rings (SSSR count). The second-order valence-electron chi connectivity index (χ2n) is 4.94. The topological polar surface area (TPSA) is 34.9 Å². The minimum Gasteiger partial charge on any atom is -0.294 e. The molecule has 4 heteroatoms. The van der Waals surface area contributed by atoms with Crippen LogP contribution >= 0.6 is 15.9 Å². The van der Waals surface area contributed by atoms with Gasteiger partial charge in [0.15, 0.2) is 0 Å². The van der Waals surface area contributed by atoms with E-state index >= 15 is 0 Å². The molecule has 3 nitrogen and oxygen atoms in total. The summed E-state index contributed by atoms with van der Waals surface area (Å²) < 4.78 is 1.95. The van der Waals surface area contributed by atoms with E-state index in [0.717, 1.165) is 11.1 Å². The van der Waals surface area contributed by atoms with E-state index in [-0.39, 0.29) is 5.56 Å². The standard InChI is InChI=1S/C19H13BrN2O/c20-18-17(12-11-15-7-3-1-4-8-15)21-14-22(19(18)23)13-16-9-5-2-6-10-16/h1-10,14H,13H2. The Morgan fingerprint density at radius 2 is 1.61 bits per heavy atom. The smallest absolute Gasteiger partial charge is 0.269 e. The fourth-order valence-corrected chi connectivity index (χ4v) is 2.53. The van der Waals surface area contributed by atoms with Gasteiger partial charge < -0.3 is 0 Å². The van der Waals surface area contributed by atoms with Crippen molar-refractivity contribution in [3.05, 3.63) is 98.6 Å². The van der Waals surface area contributed by atoms with Gasteiger partial charge in [0.2, 0.25) is 0 Å². The van der Waals surface area contributed by atoms with E-state index in [4.69, 9.17) is 0 Å². The maximum atomic E-state index is 12.4. The van der Waals surface area contributed by atoms with Crippen molar-refractivity contribution >= 4 is 15.9 Å². The highest BCUT2D eigenvalue weighted by atomic mass is 79.9. The molecular weight excluding hydrogens is 352 g/mol. The third kappa shape index (κ3) is 3.77. The van der Waals surface area contributed by atoms with Gasteiger partial charge in [0.1, 0.15) is 10.2 Å². The van der Waals surface area contributed by atoms with Crippen molar-refractivity contribution < 1.29 is 0 Å². The van der Waals surface area contributed by atoms with Crippen LogP contribution in [-0.4, -0.2) is 9.55 Å². The first-order valence-electron chi connectivity index (χ1n) is 7.10. The quantitative estimate of drug-likeness (QED) is 0.652. The molecule has 0 fully saturated rings. The average Bonchev–Trinajstić information content (AvgIpc) is 2.60. The highest BCUT2D eigenvalue weighted by Gasteiger charge is 2.07.